The van der Waals surface area contributed by atoms with Crippen LogP contribution in [-0.4, -0.2) is 20.0 Å². The first-order chi connectivity index (χ1) is 15.5. The van der Waals surface area contributed by atoms with Crippen molar-refractivity contribution >= 4 is 43.9 Å². The summed E-state index contributed by atoms with van der Waals surface area (Å²) in [5, 5.41) is 5.77. The third-order valence-corrected chi connectivity index (χ3v) is 6.79. The fraction of sp³-hybridized carbons (Fsp3) is 0.200. The molecular weight excluding hydrogens is 484 g/mol. The topological polar surface area (TPSA) is 86.0 Å². The van der Waals surface area contributed by atoms with Crippen LogP contribution in [0.25, 0.3) is 21.5 Å². The lowest BCUT2D eigenvalue weighted by molar-refractivity contribution is -0.139. The summed E-state index contributed by atoms with van der Waals surface area (Å²) in [6.07, 6.45) is -5.04. The molecule has 0 saturated carbocycles. The maximum atomic E-state index is 14.4. The minimum Gasteiger partial charge on any atom is -0.302 e. The van der Waals surface area contributed by atoms with Gasteiger partial charge in [-0.1, -0.05) is 6.07 Å². The van der Waals surface area contributed by atoms with Crippen molar-refractivity contribution in [3.05, 3.63) is 66.7 Å². The van der Waals surface area contributed by atoms with Crippen molar-refractivity contribution in [2.75, 3.05) is 5.32 Å². The number of halogens is 4. The number of rotatable bonds is 4. The quantitative estimate of drug-likeness (QED) is 0.434. The van der Waals surface area contributed by atoms with E-state index in [1.54, 1.807) is 5.38 Å². The lowest BCUT2D eigenvalue weighted by Crippen LogP contribution is -2.36. The molecule has 13 heteroatoms. The molecule has 0 aliphatic carbocycles. The number of anilines is 1. The highest BCUT2D eigenvalue weighted by molar-refractivity contribution is 7.17. The number of alkyl halides is 3. The van der Waals surface area contributed by atoms with Gasteiger partial charge < -0.3 is 5.32 Å². The van der Waals surface area contributed by atoms with Gasteiger partial charge in [-0.05, 0) is 23.1 Å². The van der Waals surface area contributed by atoms with Gasteiger partial charge in [-0.15, -0.1) is 22.7 Å². The number of fused-ring (bicyclic) bond motifs is 1. The molecule has 172 valence electrons. The second kappa shape index (κ2) is 8.23. The Hall–Kier alpha value is -3.32. The predicted molar refractivity (Wildman–Crippen MR) is 117 cm³/mol. The van der Waals surface area contributed by atoms with Crippen molar-refractivity contribution in [2.45, 2.75) is 12.6 Å². The number of aryl methyl sites for hydroxylation is 1. The SMILES string of the molecule is Cn1c(=O)c2c(CC(=O)Nc3nc(-c4cccc(C(F)(F)F)c4F)cs3)csc2n(C)c1=O. The minimum atomic E-state index is -4.85. The molecule has 0 aliphatic heterocycles. The lowest BCUT2D eigenvalue weighted by atomic mass is 10.1. The molecule has 0 atom stereocenters. The van der Waals surface area contributed by atoms with Crippen LogP contribution in [0.5, 0.6) is 0 Å². The molecular formula is C20H14F4N4O3S2. The van der Waals surface area contributed by atoms with E-state index in [1.807, 2.05) is 0 Å². The number of carbonyl (C=O) groups excluding carboxylic acids is 1. The number of nitrogens with one attached hydrogen (secondary N) is 1. The number of carbonyl (C=O) groups is 1. The van der Waals surface area contributed by atoms with E-state index in [2.05, 4.69) is 10.3 Å². The summed E-state index contributed by atoms with van der Waals surface area (Å²) in [5.41, 5.74) is -2.38. The highest BCUT2D eigenvalue weighted by Crippen LogP contribution is 2.36. The number of thiazole rings is 1. The molecule has 0 unspecified atom stereocenters. The summed E-state index contributed by atoms with van der Waals surface area (Å²) in [5.74, 6) is -1.98. The van der Waals surface area contributed by atoms with E-state index >= 15 is 0 Å². The first-order valence-electron chi connectivity index (χ1n) is 9.26. The smallest absolute Gasteiger partial charge is 0.302 e. The molecule has 1 aromatic carbocycles. The van der Waals surface area contributed by atoms with Gasteiger partial charge in [-0.3, -0.25) is 18.7 Å². The highest BCUT2D eigenvalue weighted by atomic mass is 32.1. The first-order valence-corrected chi connectivity index (χ1v) is 11.0. The van der Waals surface area contributed by atoms with Crippen molar-refractivity contribution in [3.8, 4) is 11.3 Å². The summed E-state index contributed by atoms with van der Waals surface area (Å²) < 4.78 is 55.5. The average Bonchev–Trinajstić information content (AvgIpc) is 3.37. The van der Waals surface area contributed by atoms with Gasteiger partial charge in [-0.2, -0.15) is 13.2 Å². The third kappa shape index (κ3) is 4.09. The fourth-order valence-corrected chi connectivity index (χ4v) is 5.05. The Bertz CT molecular complexity index is 1510. The van der Waals surface area contributed by atoms with Crippen molar-refractivity contribution in [2.24, 2.45) is 14.1 Å². The second-order valence-electron chi connectivity index (χ2n) is 7.07. The van der Waals surface area contributed by atoms with Crippen LogP contribution < -0.4 is 16.6 Å². The Kier molecular flexibility index (Phi) is 5.70. The van der Waals surface area contributed by atoms with Gasteiger partial charge in [-0.25, -0.2) is 14.2 Å². The van der Waals surface area contributed by atoms with E-state index in [0.717, 1.165) is 33.3 Å². The van der Waals surface area contributed by atoms with Gasteiger partial charge in [0.25, 0.3) is 5.56 Å². The van der Waals surface area contributed by atoms with Crippen molar-refractivity contribution in [3.63, 3.8) is 0 Å². The zero-order valence-corrected chi connectivity index (χ0v) is 18.6. The van der Waals surface area contributed by atoms with Crippen molar-refractivity contribution in [1.82, 2.24) is 14.1 Å². The molecule has 3 heterocycles. The summed E-state index contributed by atoms with van der Waals surface area (Å²) in [4.78, 5) is 41.6. The number of benzene rings is 1. The molecule has 1 N–H and O–H groups in total. The number of aromatic nitrogens is 3. The van der Waals surface area contributed by atoms with Crippen molar-refractivity contribution < 1.29 is 22.4 Å². The third-order valence-electron chi connectivity index (χ3n) is 4.93. The van der Waals surface area contributed by atoms with Crippen LogP contribution in [0.2, 0.25) is 0 Å². The Morgan fingerprint density at radius 3 is 2.55 bits per heavy atom. The number of hydrogen-bond acceptors (Lipinski definition) is 6. The van der Waals surface area contributed by atoms with E-state index in [9.17, 15) is 31.9 Å². The van der Waals surface area contributed by atoms with Gasteiger partial charge in [0.15, 0.2) is 5.13 Å². The first kappa shape index (κ1) is 22.9. The zero-order chi connectivity index (χ0) is 24.1. The molecule has 4 rings (SSSR count). The molecule has 0 fully saturated rings. The fourth-order valence-electron chi connectivity index (χ4n) is 3.29. The van der Waals surface area contributed by atoms with Gasteiger partial charge in [0.2, 0.25) is 5.91 Å². The monoisotopic (exact) mass is 498 g/mol. The second-order valence-corrected chi connectivity index (χ2v) is 8.79. The van der Waals surface area contributed by atoms with Crippen LogP contribution >= 0.6 is 22.7 Å². The molecule has 0 saturated heterocycles. The largest absolute Gasteiger partial charge is 0.419 e. The normalized spacial score (nSPS) is 11.8. The summed E-state index contributed by atoms with van der Waals surface area (Å²) in [6.45, 7) is 0. The average molecular weight is 498 g/mol. The van der Waals surface area contributed by atoms with Crippen LogP contribution in [0.15, 0.2) is 38.5 Å². The van der Waals surface area contributed by atoms with Gasteiger partial charge in [0.05, 0.1) is 23.1 Å². The van der Waals surface area contributed by atoms with Gasteiger partial charge in [0.1, 0.15) is 10.6 Å². The van der Waals surface area contributed by atoms with Crippen LogP contribution in [0, 0.1) is 5.82 Å². The molecule has 7 nitrogen and oxygen atoms in total. The highest BCUT2D eigenvalue weighted by Gasteiger charge is 2.35. The Morgan fingerprint density at radius 1 is 1.12 bits per heavy atom. The molecule has 0 bridgehead atoms. The van der Waals surface area contributed by atoms with E-state index < -0.39 is 34.7 Å². The van der Waals surface area contributed by atoms with E-state index in [4.69, 9.17) is 0 Å². The number of nitrogens with zero attached hydrogens (tertiary/aromatic N) is 3. The number of amides is 1. The van der Waals surface area contributed by atoms with Gasteiger partial charge >= 0.3 is 11.9 Å². The summed E-state index contributed by atoms with van der Waals surface area (Å²) in [7, 11) is 2.87. The number of thiophene rings is 1. The molecule has 3 aromatic heterocycles. The van der Waals surface area contributed by atoms with Crippen LogP contribution in [-0.2, 0) is 31.5 Å². The van der Waals surface area contributed by atoms with Gasteiger partial charge in [0, 0.05) is 25.0 Å². The Balaban J connectivity index is 1.58. The van der Waals surface area contributed by atoms with Crippen molar-refractivity contribution in [1.29, 1.82) is 0 Å². The number of hydrogen-bond donors (Lipinski definition) is 1. The van der Waals surface area contributed by atoms with E-state index in [1.165, 1.54) is 30.1 Å². The minimum absolute atomic E-state index is 0.0521. The molecule has 33 heavy (non-hydrogen) atoms. The maximum absolute atomic E-state index is 14.4. The van der Waals surface area contributed by atoms with E-state index in [-0.39, 0.29) is 28.2 Å². The summed E-state index contributed by atoms with van der Waals surface area (Å²) in [6, 6.07) is 2.89. The van der Waals surface area contributed by atoms with Crippen LogP contribution in [0.3, 0.4) is 0 Å². The molecule has 1 amide bonds. The van der Waals surface area contributed by atoms with Crippen LogP contribution in [0.4, 0.5) is 22.7 Å². The predicted octanol–water partition coefficient (Wildman–Crippen LogP) is 3.76. The molecule has 0 aliphatic rings. The standard InChI is InChI=1S/C20H14F4N4O3S2/c1-27-16(30)14-9(7-32-17(14)28(2)19(27)31)6-13(29)26-18-25-12(8-33-18)10-4-3-5-11(15(10)21)20(22,23)24/h3-5,7-8H,6H2,1-2H3,(H,25,26,29). The molecule has 4 aromatic rings. The van der Waals surface area contributed by atoms with Crippen LogP contribution in [0.1, 0.15) is 11.1 Å². The van der Waals surface area contributed by atoms with E-state index in [0.29, 0.717) is 16.5 Å². The maximum Gasteiger partial charge on any atom is 0.419 e. The Morgan fingerprint density at radius 2 is 1.85 bits per heavy atom. The Labute approximate surface area is 190 Å². The lowest BCUT2D eigenvalue weighted by Gasteiger charge is -2.09. The molecule has 0 spiro atoms. The molecule has 0 radical (unpaired) electrons. The summed E-state index contributed by atoms with van der Waals surface area (Å²) >= 11 is 2.08. The zero-order valence-electron chi connectivity index (χ0n) is 17.0.